The van der Waals surface area contributed by atoms with Crippen LogP contribution in [0.3, 0.4) is 0 Å². The average Bonchev–Trinajstić information content (AvgIpc) is 2.03. The van der Waals surface area contributed by atoms with Gasteiger partial charge in [0, 0.05) is 19.1 Å². The third-order valence-corrected chi connectivity index (χ3v) is 3.25. The van der Waals surface area contributed by atoms with Gasteiger partial charge in [0.15, 0.2) is 0 Å². The van der Waals surface area contributed by atoms with Crippen molar-refractivity contribution in [2.24, 2.45) is 17.1 Å². The van der Waals surface area contributed by atoms with Gasteiger partial charge in [-0.25, -0.2) is 0 Å². The third-order valence-electron chi connectivity index (χ3n) is 3.25. The van der Waals surface area contributed by atoms with Crippen molar-refractivity contribution in [1.29, 1.82) is 0 Å². The summed E-state index contributed by atoms with van der Waals surface area (Å²) in [6.45, 7) is 4.84. The van der Waals surface area contributed by atoms with Gasteiger partial charge in [-0.1, -0.05) is 6.92 Å². The summed E-state index contributed by atoms with van der Waals surface area (Å²) in [5, 5.41) is 0. The maximum absolute atomic E-state index is 5.88. The fourth-order valence-corrected chi connectivity index (χ4v) is 2.74. The highest BCUT2D eigenvalue weighted by atomic mass is 15.2. The molecule has 1 saturated heterocycles. The van der Waals surface area contributed by atoms with Crippen molar-refractivity contribution in [3.8, 4) is 0 Å². The Morgan fingerprint density at radius 1 is 1.60 bits per heavy atom. The Morgan fingerprint density at radius 2 is 2.30 bits per heavy atom. The van der Waals surface area contributed by atoms with Gasteiger partial charge < -0.3 is 10.6 Å². The number of fused-ring (bicyclic) bond motifs is 1. The molecule has 0 aromatic carbocycles. The lowest BCUT2D eigenvalue weighted by Crippen LogP contribution is -2.53. The lowest BCUT2D eigenvalue weighted by atomic mass is 9.60. The first-order chi connectivity index (χ1) is 4.62. The Bertz CT molecular complexity index is 157. The molecule has 2 nitrogen and oxygen atoms in total. The number of hydrogen-bond donors (Lipinski definition) is 1. The highest BCUT2D eigenvalue weighted by Crippen LogP contribution is 2.50. The molecule has 0 aromatic rings. The van der Waals surface area contributed by atoms with E-state index in [0.717, 1.165) is 5.92 Å². The Balaban J connectivity index is 2.12. The lowest BCUT2D eigenvalue weighted by molar-refractivity contribution is 0.0761. The van der Waals surface area contributed by atoms with Crippen LogP contribution in [0.1, 0.15) is 13.3 Å². The van der Waals surface area contributed by atoms with Gasteiger partial charge in [-0.15, -0.1) is 0 Å². The minimum absolute atomic E-state index is 0.495. The second kappa shape index (κ2) is 1.74. The zero-order chi connectivity index (χ0) is 7.35. The van der Waals surface area contributed by atoms with E-state index in [1.165, 1.54) is 19.5 Å². The monoisotopic (exact) mass is 140 g/mol. The van der Waals surface area contributed by atoms with Crippen LogP contribution in [-0.4, -0.2) is 31.1 Å². The van der Waals surface area contributed by atoms with Gasteiger partial charge in [-0.2, -0.15) is 0 Å². The molecule has 2 heteroatoms. The predicted molar refractivity (Wildman–Crippen MR) is 41.7 cm³/mol. The van der Waals surface area contributed by atoms with Gasteiger partial charge in [0.25, 0.3) is 0 Å². The van der Waals surface area contributed by atoms with Gasteiger partial charge in [0.1, 0.15) is 0 Å². The minimum atomic E-state index is 0.495. The van der Waals surface area contributed by atoms with E-state index in [9.17, 15) is 0 Å². The molecule has 10 heavy (non-hydrogen) atoms. The van der Waals surface area contributed by atoms with E-state index in [0.29, 0.717) is 11.5 Å². The maximum Gasteiger partial charge on any atom is 0.00908 e. The van der Waals surface area contributed by atoms with Crippen molar-refractivity contribution < 1.29 is 0 Å². The largest absolute Gasteiger partial charge is 0.327 e. The molecule has 0 aromatic heterocycles. The van der Waals surface area contributed by atoms with Crippen LogP contribution in [-0.2, 0) is 0 Å². The number of nitrogens with two attached hydrogens (primary N) is 1. The van der Waals surface area contributed by atoms with E-state index in [1.807, 2.05) is 0 Å². The molecule has 0 radical (unpaired) electrons. The van der Waals surface area contributed by atoms with E-state index < -0.39 is 0 Å². The SMILES string of the molecule is CN1CC2C(N)CC2(C)C1. The molecule has 2 rings (SSSR count). The van der Waals surface area contributed by atoms with Crippen molar-refractivity contribution in [2.45, 2.75) is 19.4 Å². The standard InChI is InChI=1S/C8H16N2/c1-8-3-7(9)6(8)4-10(2)5-8/h6-7H,3-5,9H2,1-2H3. The van der Waals surface area contributed by atoms with Gasteiger partial charge in [0.2, 0.25) is 0 Å². The molecule has 0 bridgehead atoms. The zero-order valence-electron chi connectivity index (χ0n) is 6.80. The molecule has 0 amide bonds. The van der Waals surface area contributed by atoms with Crippen LogP contribution < -0.4 is 5.73 Å². The molecule has 1 aliphatic heterocycles. The van der Waals surface area contributed by atoms with Gasteiger partial charge in [-0.05, 0) is 24.8 Å². The Labute approximate surface area is 62.4 Å². The summed E-state index contributed by atoms with van der Waals surface area (Å²) in [5.74, 6) is 0.789. The highest BCUT2D eigenvalue weighted by molar-refractivity contribution is 5.07. The smallest absolute Gasteiger partial charge is 0.00908 e. The van der Waals surface area contributed by atoms with E-state index in [4.69, 9.17) is 5.73 Å². The second-order valence-electron chi connectivity index (χ2n) is 4.33. The van der Waals surface area contributed by atoms with Crippen molar-refractivity contribution in [1.82, 2.24) is 4.90 Å². The summed E-state index contributed by atoms with van der Waals surface area (Å²) < 4.78 is 0. The fourth-order valence-electron chi connectivity index (χ4n) is 2.74. The summed E-state index contributed by atoms with van der Waals surface area (Å²) in [6, 6.07) is 0.495. The third kappa shape index (κ3) is 0.663. The molecule has 1 aliphatic carbocycles. The zero-order valence-corrected chi connectivity index (χ0v) is 6.80. The molecule has 0 spiro atoms. The van der Waals surface area contributed by atoms with Crippen molar-refractivity contribution in [3.63, 3.8) is 0 Å². The molecule has 58 valence electrons. The topological polar surface area (TPSA) is 29.3 Å². The van der Waals surface area contributed by atoms with Crippen LogP contribution in [0.2, 0.25) is 0 Å². The van der Waals surface area contributed by atoms with Gasteiger partial charge in [-0.3, -0.25) is 0 Å². The Morgan fingerprint density at radius 3 is 2.70 bits per heavy atom. The van der Waals surface area contributed by atoms with E-state index in [2.05, 4.69) is 18.9 Å². The fraction of sp³-hybridized carbons (Fsp3) is 1.00. The number of hydrogen-bond acceptors (Lipinski definition) is 2. The molecule has 2 fully saturated rings. The molecular formula is C8H16N2. The minimum Gasteiger partial charge on any atom is -0.327 e. The molecule has 2 aliphatic rings. The number of nitrogens with zero attached hydrogens (tertiary/aromatic N) is 1. The Hall–Kier alpha value is -0.0800. The maximum atomic E-state index is 5.88. The first-order valence-electron chi connectivity index (χ1n) is 4.06. The first kappa shape index (κ1) is 6.62. The van der Waals surface area contributed by atoms with Crippen molar-refractivity contribution in [2.75, 3.05) is 20.1 Å². The average molecular weight is 140 g/mol. The lowest BCUT2D eigenvalue weighted by Gasteiger charge is -2.46. The summed E-state index contributed by atoms with van der Waals surface area (Å²) in [6.07, 6.45) is 1.24. The van der Waals surface area contributed by atoms with Crippen LogP contribution in [0.25, 0.3) is 0 Å². The molecule has 1 saturated carbocycles. The number of rotatable bonds is 0. The van der Waals surface area contributed by atoms with Crippen molar-refractivity contribution in [3.05, 3.63) is 0 Å². The summed E-state index contributed by atoms with van der Waals surface area (Å²) in [7, 11) is 2.19. The highest BCUT2D eigenvalue weighted by Gasteiger charge is 2.53. The van der Waals surface area contributed by atoms with Crippen molar-refractivity contribution >= 4 is 0 Å². The van der Waals surface area contributed by atoms with Crippen LogP contribution in [0.4, 0.5) is 0 Å². The molecule has 1 heterocycles. The van der Waals surface area contributed by atoms with E-state index in [-0.39, 0.29) is 0 Å². The Kier molecular flexibility index (Phi) is 1.15. The van der Waals surface area contributed by atoms with E-state index in [1.54, 1.807) is 0 Å². The molecular weight excluding hydrogens is 124 g/mol. The van der Waals surface area contributed by atoms with Crippen LogP contribution in [0.15, 0.2) is 0 Å². The second-order valence-corrected chi connectivity index (χ2v) is 4.33. The normalized spacial score (nSPS) is 54.3. The van der Waals surface area contributed by atoms with E-state index >= 15 is 0 Å². The van der Waals surface area contributed by atoms with Crippen LogP contribution in [0, 0.1) is 11.3 Å². The summed E-state index contributed by atoms with van der Waals surface area (Å²) in [4.78, 5) is 2.40. The van der Waals surface area contributed by atoms with Gasteiger partial charge in [0.05, 0.1) is 0 Å². The summed E-state index contributed by atoms with van der Waals surface area (Å²) >= 11 is 0. The quantitative estimate of drug-likeness (QED) is 0.524. The molecule has 3 atom stereocenters. The van der Waals surface area contributed by atoms with Crippen LogP contribution >= 0.6 is 0 Å². The molecule has 3 unspecified atom stereocenters. The first-order valence-corrected chi connectivity index (χ1v) is 4.06. The molecule has 2 N–H and O–H groups in total. The van der Waals surface area contributed by atoms with Gasteiger partial charge >= 0.3 is 0 Å². The summed E-state index contributed by atoms with van der Waals surface area (Å²) in [5.41, 5.74) is 6.46. The predicted octanol–water partition coefficient (Wildman–Crippen LogP) is 0.285. The van der Waals surface area contributed by atoms with Crippen LogP contribution in [0.5, 0.6) is 0 Å². The number of likely N-dealkylation sites (tertiary alicyclic amines) is 1.